The molecule has 7 heteroatoms. The standard InChI is InChI=1S/C17H22N6S/c1-13-2-3-15(24-13)6-10-22-11-9-19-17(22)16-12-23(21-20-16)14-4-7-18-8-5-14/h2-3,9,11-12,14,18H,4-8,10H2,1H3. The lowest BCUT2D eigenvalue weighted by Crippen LogP contribution is -2.29. The fourth-order valence-electron chi connectivity index (χ4n) is 3.20. The molecule has 3 aromatic rings. The van der Waals surface area contributed by atoms with Crippen molar-refractivity contribution in [3.63, 3.8) is 0 Å². The Morgan fingerprint density at radius 2 is 2.17 bits per heavy atom. The highest BCUT2D eigenvalue weighted by Crippen LogP contribution is 2.22. The van der Waals surface area contributed by atoms with E-state index in [2.05, 4.69) is 44.2 Å². The molecule has 0 aromatic carbocycles. The van der Waals surface area contributed by atoms with E-state index in [0.29, 0.717) is 6.04 Å². The lowest BCUT2D eigenvalue weighted by molar-refractivity contribution is 0.337. The number of nitrogens with one attached hydrogen (secondary N) is 1. The summed E-state index contributed by atoms with van der Waals surface area (Å²) >= 11 is 1.86. The van der Waals surface area contributed by atoms with Gasteiger partial charge in [0, 0.05) is 28.7 Å². The lowest BCUT2D eigenvalue weighted by Gasteiger charge is -2.22. The number of rotatable bonds is 5. The third-order valence-electron chi connectivity index (χ3n) is 4.53. The maximum Gasteiger partial charge on any atom is 0.162 e. The summed E-state index contributed by atoms with van der Waals surface area (Å²) in [6.45, 7) is 5.16. The monoisotopic (exact) mass is 342 g/mol. The van der Waals surface area contributed by atoms with Crippen LogP contribution in [0.5, 0.6) is 0 Å². The highest BCUT2D eigenvalue weighted by molar-refractivity contribution is 7.11. The summed E-state index contributed by atoms with van der Waals surface area (Å²) in [7, 11) is 0. The van der Waals surface area contributed by atoms with E-state index in [1.165, 1.54) is 9.75 Å². The number of imidazole rings is 1. The van der Waals surface area contributed by atoms with Gasteiger partial charge in [0.2, 0.25) is 0 Å². The van der Waals surface area contributed by atoms with E-state index in [9.17, 15) is 0 Å². The van der Waals surface area contributed by atoms with Crippen LogP contribution in [0.25, 0.3) is 11.5 Å². The lowest BCUT2D eigenvalue weighted by atomic mass is 10.1. The summed E-state index contributed by atoms with van der Waals surface area (Å²) in [6.07, 6.45) is 9.15. The van der Waals surface area contributed by atoms with Crippen LogP contribution in [0.3, 0.4) is 0 Å². The predicted molar refractivity (Wildman–Crippen MR) is 95.1 cm³/mol. The van der Waals surface area contributed by atoms with Crippen molar-refractivity contribution in [1.29, 1.82) is 0 Å². The van der Waals surface area contributed by atoms with E-state index in [1.807, 2.05) is 34.6 Å². The van der Waals surface area contributed by atoms with E-state index >= 15 is 0 Å². The largest absolute Gasteiger partial charge is 0.329 e. The molecule has 0 amide bonds. The van der Waals surface area contributed by atoms with Crippen molar-refractivity contribution in [3.05, 3.63) is 40.5 Å². The van der Waals surface area contributed by atoms with Crippen molar-refractivity contribution >= 4 is 11.3 Å². The Hall–Kier alpha value is -1.99. The van der Waals surface area contributed by atoms with Gasteiger partial charge in [-0.05, 0) is 51.4 Å². The Labute approximate surface area is 145 Å². The van der Waals surface area contributed by atoms with Gasteiger partial charge in [0.15, 0.2) is 5.82 Å². The molecule has 0 saturated carbocycles. The predicted octanol–water partition coefficient (Wildman–Crippen LogP) is 2.68. The van der Waals surface area contributed by atoms with Gasteiger partial charge in [-0.2, -0.15) is 0 Å². The zero-order valence-electron chi connectivity index (χ0n) is 13.9. The Kier molecular flexibility index (Phi) is 4.44. The molecule has 0 bridgehead atoms. The molecule has 0 radical (unpaired) electrons. The summed E-state index contributed by atoms with van der Waals surface area (Å²) in [4.78, 5) is 7.27. The van der Waals surface area contributed by atoms with Crippen molar-refractivity contribution in [2.75, 3.05) is 13.1 Å². The molecule has 4 rings (SSSR count). The molecule has 0 unspecified atom stereocenters. The average Bonchev–Trinajstić information content (AvgIpc) is 3.34. The molecule has 3 aromatic heterocycles. The third-order valence-corrected chi connectivity index (χ3v) is 5.59. The third kappa shape index (κ3) is 3.27. The molecule has 0 atom stereocenters. The molecule has 1 aliphatic heterocycles. The first kappa shape index (κ1) is 15.5. The number of thiophene rings is 1. The van der Waals surface area contributed by atoms with Crippen LogP contribution in [-0.4, -0.2) is 37.6 Å². The molecule has 1 aliphatic rings. The Morgan fingerprint density at radius 1 is 1.29 bits per heavy atom. The smallest absolute Gasteiger partial charge is 0.162 e. The molecule has 126 valence electrons. The van der Waals surface area contributed by atoms with E-state index in [0.717, 1.165) is 50.4 Å². The van der Waals surface area contributed by atoms with Crippen LogP contribution in [-0.2, 0) is 13.0 Å². The van der Waals surface area contributed by atoms with E-state index in [1.54, 1.807) is 0 Å². The van der Waals surface area contributed by atoms with Gasteiger partial charge in [-0.3, -0.25) is 0 Å². The summed E-state index contributed by atoms with van der Waals surface area (Å²) < 4.78 is 4.18. The second-order valence-corrected chi connectivity index (χ2v) is 7.64. The average molecular weight is 342 g/mol. The minimum absolute atomic E-state index is 0.449. The minimum atomic E-state index is 0.449. The molecule has 1 N–H and O–H groups in total. The van der Waals surface area contributed by atoms with Crippen LogP contribution in [0.15, 0.2) is 30.7 Å². The second kappa shape index (κ2) is 6.86. The van der Waals surface area contributed by atoms with Gasteiger partial charge in [-0.15, -0.1) is 16.4 Å². The molecule has 1 saturated heterocycles. The van der Waals surface area contributed by atoms with Gasteiger partial charge >= 0.3 is 0 Å². The summed E-state index contributed by atoms with van der Waals surface area (Å²) in [6, 6.07) is 4.84. The number of aromatic nitrogens is 5. The second-order valence-electron chi connectivity index (χ2n) is 6.27. The van der Waals surface area contributed by atoms with Crippen molar-refractivity contribution in [2.24, 2.45) is 0 Å². The summed E-state index contributed by atoms with van der Waals surface area (Å²) in [5.74, 6) is 0.906. The van der Waals surface area contributed by atoms with E-state index < -0.39 is 0 Å². The van der Waals surface area contributed by atoms with Crippen LogP contribution in [0, 0.1) is 6.92 Å². The first-order valence-electron chi connectivity index (χ1n) is 8.49. The zero-order chi connectivity index (χ0) is 16.4. The van der Waals surface area contributed by atoms with Crippen molar-refractivity contribution < 1.29 is 0 Å². The van der Waals surface area contributed by atoms with Crippen LogP contribution in [0.2, 0.25) is 0 Å². The minimum Gasteiger partial charge on any atom is -0.329 e. The maximum atomic E-state index is 4.50. The van der Waals surface area contributed by atoms with Gasteiger partial charge in [0.1, 0.15) is 5.69 Å². The van der Waals surface area contributed by atoms with Crippen molar-refractivity contribution in [2.45, 2.75) is 38.8 Å². The summed E-state index contributed by atoms with van der Waals surface area (Å²) in [5, 5.41) is 12.1. The molecule has 4 heterocycles. The van der Waals surface area contributed by atoms with Crippen LogP contribution in [0.1, 0.15) is 28.6 Å². The first-order chi connectivity index (χ1) is 11.8. The normalized spacial score (nSPS) is 15.9. The van der Waals surface area contributed by atoms with Crippen LogP contribution < -0.4 is 5.32 Å². The van der Waals surface area contributed by atoms with Gasteiger partial charge in [0.25, 0.3) is 0 Å². The van der Waals surface area contributed by atoms with E-state index in [-0.39, 0.29) is 0 Å². The number of aryl methyl sites for hydroxylation is 3. The molecular formula is C17H22N6S. The van der Waals surface area contributed by atoms with Gasteiger partial charge < -0.3 is 9.88 Å². The number of piperidine rings is 1. The highest BCUT2D eigenvalue weighted by Gasteiger charge is 2.18. The summed E-state index contributed by atoms with van der Waals surface area (Å²) in [5.41, 5.74) is 0.862. The molecule has 0 aliphatic carbocycles. The van der Waals surface area contributed by atoms with Gasteiger partial charge in [-0.25, -0.2) is 9.67 Å². The fraction of sp³-hybridized carbons (Fsp3) is 0.471. The maximum absolute atomic E-state index is 4.50. The zero-order valence-corrected chi connectivity index (χ0v) is 14.7. The Morgan fingerprint density at radius 3 is 2.96 bits per heavy atom. The molecule has 1 fully saturated rings. The van der Waals surface area contributed by atoms with Crippen molar-refractivity contribution in [3.8, 4) is 11.5 Å². The Balaban J connectivity index is 1.48. The number of hydrogen-bond acceptors (Lipinski definition) is 5. The highest BCUT2D eigenvalue weighted by atomic mass is 32.1. The Bertz CT molecular complexity index is 795. The topological polar surface area (TPSA) is 60.6 Å². The van der Waals surface area contributed by atoms with E-state index in [4.69, 9.17) is 0 Å². The molecule has 6 nitrogen and oxygen atoms in total. The molecular weight excluding hydrogens is 320 g/mol. The number of hydrogen-bond donors (Lipinski definition) is 1. The number of nitrogens with zero attached hydrogens (tertiary/aromatic N) is 5. The fourth-order valence-corrected chi connectivity index (χ4v) is 4.08. The molecule has 0 spiro atoms. The van der Waals surface area contributed by atoms with Gasteiger partial charge in [0.05, 0.1) is 12.2 Å². The van der Waals surface area contributed by atoms with Crippen LogP contribution in [0.4, 0.5) is 0 Å². The molecule has 24 heavy (non-hydrogen) atoms. The van der Waals surface area contributed by atoms with Crippen LogP contribution >= 0.6 is 11.3 Å². The SMILES string of the molecule is Cc1ccc(CCn2ccnc2-c2cn(C3CCNCC3)nn2)s1. The van der Waals surface area contributed by atoms with Crippen molar-refractivity contribution in [1.82, 2.24) is 29.9 Å². The first-order valence-corrected chi connectivity index (χ1v) is 9.30. The van der Waals surface area contributed by atoms with Gasteiger partial charge in [-0.1, -0.05) is 5.21 Å². The quantitative estimate of drug-likeness (QED) is 0.774.